The third kappa shape index (κ3) is 7.76. The van der Waals surface area contributed by atoms with Crippen molar-refractivity contribution in [2.75, 3.05) is 13.2 Å². The van der Waals surface area contributed by atoms with Crippen LogP contribution >= 0.6 is 0 Å². The van der Waals surface area contributed by atoms with E-state index >= 15 is 0 Å². The fraction of sp³-hybridized carbons (Fsp3) is 0.947. The van der Waals surface area contributed by atoms with E-state index in [4.69, 9.17) is 18.9 Å². The van der Waals surface area contributed by atoms with Crippen molar-refractivity contribution in [3.05, 3.63) is 11.6 Å². The summed E-state index contributed by atoms with van der Waals surface area (Å²) >= 11 is 0. The lowest BCUT2D eigenvalue weighted by Crippen LogP contribution is -2.60. The molecule has 14 heteroatoms. The first-order valence-corrected chi connectivity index (χ1v) is 19.6. The van der Waals surface area contributed by atoms with Gasteiger partial charge in [0.15, 0.2) is 12.6 Å². The zero-order valence-electron chi connectivity index (χ0n) is 30.9. The lowest BCUT2D eigenvalue weighted by molar-refractivity contribution is -0.326. The van der Waals surface area contributed by atoms with E-state index in [0.717, 1.165) is 38.5 Å². The van der Waals surface area contributed by atoms with Crippen LogP contribution in [0.2, 0.25) is 0 Å². The smallest absolute Gasteiger partial charge is 0.186 e. The molecular formula is C38H63FO13. The number of rotatable bonds is 12. The van der Waals surface area contributed by atoms with Crippen molar-refractivity contribution in [3.63, 3.8) is 0 Å². The van der Waals surface area contributed by atoms with Crippen molar-refractivity contribution in [3.8, 4) is 0 Å². The molecule has 300 valence electrons. The molecular weight excluding hydrogens is 683 g/mol. The summed E-state index contributed by atoms with van der Waals surface area (Å²) in [6.45, 7) is 7.53. The summed E-state index contributed by atoms with van der Waals surface area (Å²) in [5.74, 6) is 1.57. The Bertz CT molecular complexity index is 1210. The Morgan fingerprint density at radius 2 is 1.50 bits per heavy atom. The van der Waals surface area contributed by atoms with Gasteiger partial charge in [0.1, 0.15) is 55.4 Å². The summed E-state index contributed by atoms with van der Waals surface area (Å²) in [5.41, 5.74) is 1.12. The SMILES string of the molecule is CC(C)CCC(O)[C@@H](C)C1C(OC2OC(COF)C(O)C(O)C2O)CC2C3CC=C4CC(OC5OC(CO)C(O)C(O)C5O)CCC4C3CCC21C. The summed E-state index contributed by atoms with van der Waals surface area (Å²) in [6.07, 6.45) is -5.51. The topological polar surface area (TPSA) is 208 Å². The van der Waals surface area contributed by atoms with Crippen molar-refractivity contribution >= 4 is 0 Å². The Kier molecular flexibility index (Phi) is 13.1. The highest BCUT2D eigenvalue weighted by atomic mass is 19.3. The minimum Gasteiger partial charge on any atom is -0.394 e. The van der Waals surface area contributed by atoms with Crippen molar-refractivity contribution in [2.24, 2.45) is 46.8 Å². The lowest BCUT2D eigenvalue weighted by Gasteiger charge is -2.54. The highest BCUT2D eigenvalue weighted by Crippen LogP contribution is 2.65. The third-order valence-electron chi connectivity index (χ3n) is 14.1. The van der Waals surface area contributed by atoms with Gasteiger partial charge in [-0.25, -0.2) is 0 Å². The molecule has 13 nitrogen and oxygen atoms in total. The maximum atomic E-state index is 12.9. The monoisotopic (exact) mass is 746 g/mol. The molecule has 0 aromatic rings. The van der Waals surface area contributed by atoms with Crippen molar-refractivity contribution in [1.29, 1.82) is 0 Å². The van der Waals surface area contributed by atoms with Gasteiger partial charge in [0.05, 0.1) is 24.9 Å². The van der Waals surface area contributed by atoms with Gasteiger partial charge in [-0.2, -0.15) is 4.94 Å². The molecule has 3 saturated carbocycles. The number of hydrogen-bond acceptors (Lipinski definition) is 13. The average Bonchev–Trinajstić information content (AvgIpc) is 3.42. The van der Waals surface area contributed by atoms with Crippen LogP contribution in [0.5, 0.6) is 0 Å². The zero-order chi connectivity index (χ0) is 37.6. The van der Waals surface area contributed by atoms with Gasteiger partial charge in [0, 0.05) is 0 Å². The number of halogens is 1. The van der Waals surface area contributed by atoms with Gasteiger partial charge in [-0.15, -0.1) is 0 Å². The fourth-order valence-electron chi connectivity index (χ4n) is 11.2. The van der Waals surface area contributed by atoms with Crippen LogP contribution < -0.4 is 0 Å². The Labute approximate surface area is 306 Å². The molecule has 0 bridgehead atoms. The Hall–Kier alpha value is -0.850. The molecule has 6 rings (SSSR count). The summed E-state index contributed by atoms with van der Waals surface area (Å²) in [7, 11) is 0. The van der Waals surface area contributed by atoms with E-state index in [0.29, 0.717) is 42.9 Å². The van der Waals surface area contributed by atoms with Gasteiger partial charge in [-0.05, 0) is 109 Å². The standard InChI is InChI=1S/C38H63FO13/c1-17(2)5-10-25(41)18(3)29-26(50-37-35(47)33(45)31(43)28(52-37)16-48-39)14-24-23-8-6-19-13-20(7-9-21(19)22(23)11-12-38(24,29)4)49-36-34(46)32(44)30(42)27(15-40)51-36/h6,17-18,20-37,40-47H,5,7-16H2,1-4H3/t18-,20?,21?,22?,23?,24?,25?,26?,27?,28?,29?,30?,31?,32?,33?,34?,35?,36?,37?,38?/m1/s1. The van der Waals surface area contributed by atoms with E-state index in [2.05, 4.69) is 38.7 Å². The third-order valence-corrected chi connectivity index (χ3v) is 14.1. The van der Waals surface area contributed by atoms with E-state index in [1.165, 1.54) is 5.57 Å². The molecule has 0 aromatic carbocycles. The Morgan fingerprint density at radius 1 is 0.846 bits per heavy atom. The van der Waals surface area contributed by atoms with Crippen molar-refractivity contribution in [2.45, 2.75) is 165 Å². The predicted octanol–water partition coefficient (Wildman–Crippen LogP) is 1.50. The van der Waals surface area contributed by atoms with Crippen molar-refractivity contribution in [1.82, 2.24) is 0 Å². The van der Waals surface area contributed by atoms with E-state index < -0.39 is 86.8 Å². The van der Waals surface area contributed by atoms with E-state index in [1.54, 1.807) is 0 Å². The molecule has 2 saturated heterocycles. The minimum absolute atomic E-state index is 0.0932. The molecule has 0 amide bonds. The molecule has 0 radical (unpaired) electrons. The van der Waals surface area contributed by atoms with Crippen LogP contribution in [0, 0.1) is 46.8 Å². The second-order valence-electron chi connectivity index (χ2n) is 17.5. The highest BCUT2D eigenvalue weighted by molar-refractivity contribution is 5.21. The summed E-state index contributed by atoms with van der Waals surface area (Å²) < 4.78 is 37.1. The summed E-state index contributed by atoms with van der Waals surface area (Å²) in [5, 5.41) is 84.1. The quantitative estimate of drug-likeness (QED) is 0.134. The number of aliphatic hydroxyl groups excluding tert-OH is 8. The minimum atomic E-state index is -1.61. The molecule has 4 aliphatic carbocycles. The molecule has 8 N–H and O–H groups in total. The number of hydrogen-bond donors (Lipinski definition) is 8. The molecule has 2 heterocycles. The highest BCUT2D eigenvalue weighted by Gasteiger charge is 2.62. The van der Waals surface area contributed by atoms with Crippen LogP contribution in [0.3, 0.4) is 0 Å². The Morgan fingerprint density at radius 3 is 2.15 bits per heavy atom. The van der Waals surface area contributed by atoms with E-state index in [9.17, 15) is 45.4 Å². The number of fused-ring (bicyclic) bond motifs is 5. The van der Waals surface area contributed by atoms with Gasteiger partial charge in [0.25, 0.3) is 0 Å². The molecule has 2 aliphatic heterocycles. The van der Waals surface area contributed by atoms with Crippen LogP contribution in [0.25, 0.3) is 0 Å². The van der Waals surface area contributed by atoms with Gasteiger partial charge >= 0.3 is 0 Å². The summed E-state index contributed by atoms with van der Waals surface area (Å²) in [4.78, 5) is 3.73. The predicted molar refractivity (Wildman–Crippen MR) is 182 cm³/mol. The zero-order valence-corrected chi connectivity index (χ0v) is 30.9. The van der Waals surface area contributed by atoms with Gasteiger partial charge in [-0.3, -0.25) is 0 Å². The van der Waals surface area contributed by atoms with Gasteiger partial charge in [0.2, 0.25) is 0 Å². The van der Waals surface area contributed by atoms with Crippen LogP contribution in [-0.4, -0.2) is 134 Å². The average molecular weight is 747 g/mol. The number of aliphatic hydroxyl groups is 8. The normalized spacial score (nSPS) is 49.1. The van der Waals surface area contributed by atoms with Crippen LogP contribution in [0.4, 0.5) is 4.53 Å². The molecule has 0 spiro atoms. The first-order chi connectivity index (χ1) is 24.7. The maximum absolute atomic E-state index is 12.9. The second kappa shape index (κ2) is 16.7. The number of ether oxygens (including phenoxy) is 4. The van der Waals surface area contributed by atoms with Crippen LogP contribution in [-0.2, 0) is 23.9 Å². The molecule has 6 aliphatic rings. The summed E-state index contributed by atoms with van der Waals surface area (Å²) in [6, 6.07) is 0. The lowest BCUT2D eigenvalue weighted by atomic mass is 9.51. The first kappa shape index (κ1) is 40.8. The first-order valence-electron chi connectivity index (χ1n) is 19.6. The fourth-order valence-corrected chi connectivity index (χ4v) is 11.2. The molecule has 52 heavy (non-hydrogen) atoms. The molecule has 20 atom stereocenters. The van der Waals surface area contributed by atoms with Crippen LogP contribution in [0.1, 0.15) is 85.5 Å². The molecule has 19 unspecified atom stereocenters. The molecule has 0 aromatic heterocycles. The van der Waals surface area contributed by atoms with E-state index in [1.807, 2.05) is 0 Å². The maximum Gasteiger partial charge on any atom is 0.186 e. The second-order valence-corrected chi connectivity index (χ2v) is 17.5. The molecule has 5 fully saturated rings. The largest absolute Gasteiger partial charge is 0.394 e. The van der Waals surface area contributed by atoms with Gasteiger partial charge < -0.3 is 59.8 Å². The number of allylic oxidation sites excluding steroid dienone is 1. The van der Waals surface area contributed by atoms with Crippen LogP contribution in [0.15, 0.2) is 11.6 Å². The van der Waals surface area contributed by atoms with Crippen molar-refractivity contribution < 1.29 is 69.3 Å². The Balaban J connectivity index is 1.20. The van der Waals surface area contributed by atoms with Gasteiger partial charge in [-0.1, -0.05) is 39.3 Å². The van der Waals surface area contributed by atoms with E-state index in [-0.39, 0.29) is 29.3 Å².